The maximum Gasteiger partial charge on any atom is 0.165 e. The van der Waals surface area contributed by atoms with Crippen LogP contribution in [0.5, 0.6) is 11.5 Å². The zero-order valence-corrected chi connectivity index (χ0v) is 11.9. The van der Waals surface area contributed by atoms with Gasteiger partial charge in [0.05, 0.1) is 7.11 Å². The first-order valence-corrected chi connectivity index (χ1v) is 6.51. The van der Waals surface area contributed by atoms with E-state index < -0.39 is 11.6 Å². The molecule has 0 fully saturated rings. The Bertz CT molecular complexity index is 630. The topological polar surface area (TPSA) is 44.5 Å². The minimum absolute atomic E-state index is 0.115. The first-order valence-electron chi connectivity index (χ1n) is 6.51. The maximum absolute atomic E-state index is 13.6. The van der Waals surface area contributed by atoms with Crippen LogP contribution in [0.1, 0.15) is 24.1 Å². The highest BCUT2D eigenvalue weighted by Gasteiger charge is 2.10. The summed E-state index contributed by atoms with van der Waals surface area (Å²) in [6.45, 7) is 1.90. The molecule has 2 aromatic rings. The molecule has 2 rings (SSSR count). The Balaban J connectivity index is 2.16. The van der Waals surface area contributed by atoms with Crippen molar-refractivity contribution in [3.8, 4) is 11.5 Å². The van der Waals surface area contributed by atoms with Gasteiger partial charge in [-0.1, -0.05) is 12.1 Å². The van der Waals surface area contributed by atoms with Crippen LogP contribution in [0.4, 0.5) is 8.78 Å². The second-order valence-corrected chi connectivity index (χ2v) is 4.73. The second-order valence-electron chi connectivity index (χ2n) is 4.73. The molecule has 0 spiro atoms. The highest BCUT2D eigenvalue weighted by molar-refractivity contribution is 5.36. The lowest BCUT2D eigenvalue weighted by atomic mass is 10.1. The number of methoxy groups -OCH3 is 1. The van der Waals surface area contributed by atoms with Gasteiger partial charge in [-0.3, -0.25) is 0 Å². The lowest BCUT2D eigenvalue weighted by Gasteiger charge is -2.14. The van der Waals surface area contributed by atoms with Crippen LogP contribution in [0.3, 0.4) is 0 Å². The van der Waals surface area contributed by atoms with E-state index in [0.717, 1.165) is 0 Å². The minimum Gasteiger partial charge on any atom is -0.494 e. The molecule has 0 aromatic heterocycles. The van der Waals surface area contributed by atoms with Crippen molar-refractivity contribution in [2.24, 2.45) is 5.73 Å². The number of hydrogen-bond donors (Lipinski definition) is 1. The molecule has 21 heavy (non-hydrogen) atoms. The van der Waals surface area contributed by atoms with Crippen molar-refractivity contribution in [2.75, 3.05) is 7.11 Å². The Kier molecular flexibility index (Phi) is 4.75. The third-order valence-corrected chi connectivity index (χ3v) is 3.08. The van der Waals surface area contributed by atoms with Crippen molar-refractivity contribution < 1.29 is 18.3 Å². The molecule has 0 aliphatic rings. The number of halogens is 2. The SMILES string of the molecule is COc1ccc(COc2cc(F)ccc2C(C)N)cc1F. The molecule has 0 saturated carbocycles. The van der Waals surface area contributed by atoms with E-state index in [2.05, 4.69) is 0 Å². The molecule has 2 N–H and O–H groups in total. The van der Waals surface area contributed by atoms with Gasteiger partial charge in [-0.05, 0) is 30.7 Å². The molecule has 0 heterocycles. The van der Waals surface area contributed by atoms with Crippen LogP contribution in [-0.4, -0.2) is 7.11 Å². The van der Waals surface area contributed by atoms with E-state index in [1.807, 2.05) is 0 Å². The Hall–Kier alpha value is -2.14. The molecule has 5 heteroatoms. The fourth-order valence-electron chi connectivity index (χ4n) is 1.97. The van der Waals surface area contributed by atoms with Crippen LogP contribution in [0.2, 0.25) is 0 Å². The largest absolute Gasteiger partial charge is 0.494 e. The average molecular weight is 293 g/mol. The van der Waals surface area contributed by atoms with Crippen molar-refractivity contribution >= 4 is 0 Å². The van der Waals surface area contributed by atoms with E-state index in [4.69, 9.17) is 15.2 Å². The second kappa shape index (κ2) is 6.54. The van der Waals surface area contributed by atoms with Gasteiger partial charge >= 0.3 is 0 Å². The summed E-state index contributed by atoms with van der Waals surface area (Å²) in [5.74, 6) is -0.345. The van der Waals surface area contributed by atoms with Gasteiger partial charge in [0.1, 0.15) is 18.2 Å². The van der Waals surface area contributed by atoms with E-state index in [1.54, 1.807) is 19.1 Å². The Morgan fingerprint density at radius 2 is 1.86 bits per heavy atom. The van der Waals surface area contributed by atoms with Crippen LogP contribution in [0.15, 0.2) is 36.4 Å². The minimum atomic E-state index is -0.467. The molecular weight excluding hydrogens is 276 g/mol. The summed E-state index contributed by atoms with van der Waals surface area (Å²) < 4.78 is 37.3. The monoisotopic (exact) mass is 293 g/mol. The standard InChI is InChI=1S/C16H17F2NO2/c1-10(19)13-5-4-12(17)8-16(13)21-9-11-3-6-15(20-2)14(18)7-11/h3-8,10H,9,19H2,1-2H3. The fraction of sp³-hybridized carbons (Fsp3) is 0.250. The summed E-state index contributed by atoms with van der Waals surface area (Å²) in [4.78, 5) is 0. The Morgan fingerprint density at radius 3 is 2.48 bits per heavy atom. The predicted octanol–water partition coefficient (Wildman–Crippen LogP) is 3.57. The first kappa shape index (κ1) is 15.3. The smallest absolute Gasteiger partial charge is 0.165 e. The highest BCUT2D eigenvalue weighted by atomic mass is 19.1. The quantitative estimate of drug-likeness (QED) is 0.916. The van der Waals surface area contributed by atoms with Gasteiger partial charge < -0.3 is 15.2 Å². The van der Waals surface area contributed by atoms with Crippen LogP contribution < -0.4 is 15.2 Å². The normalized spacial score (nSPS) is 12.0. The zero-order valence-electron chi connectivity index (χ0n) is 11.9. The summed E-state index contributed by atoms with van der Waals surface area (Å²) in [5.41, 5.74) is 7.13. The van der Waals surface area contributed by atoms with Gasteiger partial charge in [-0.2, -0.15) is 0 Å². The number of benzene rings is 2. The molecule has 112 valence electrons. The van der Waals surface area contributed by atoms with E-state index in [1.165, 1.54) is 31.4 Å². The summed E-state index contributed by atoms with van der Waals surface area (Å²) in [6, 6.07) is 8.44. The van der Waals surface area contributed by atoms with Gasteiger partial charge in [0, 0.05) is 17.7 Å². The average Bonchev–Trinajstić information content (AvgIpc) is 2.45. The molecule has 2 aromatic carbocycles. The van der Waals surface area contributed by atoms with Gasteiger partial charge in [-0.25, -0.2) is 8.78 Å². The number of rotatable bonds is 5. The van der Waals surface area contributed by atoms with E-state index in [-0.39, 0.29) is 18.4 Å². The van der Waals surface area contributed by atoms with Gasteiger partial charge in [0.15, 0.2) is 11.6 Å². The van der Waals surface area contributed by atoms with Crippen molar-refractivity contribution in [1.29, 1.82) is 0 Å². The number of nitrogens with two attached hydrogens (primary N) is 1. The fourth-order valence-corrected chi connectivity index (χ4v) is 1.97. The van der Waals surface area contributed by atoms with E-state index >= 15 is 0 Å². The third kappa shape index (κ3) is 3.70. The van der Waals surface area contributed by atoms with Gasteiger partial charge in [-0.15, -0.1) is 0 Å². The van der Waals surface area contributed by atoms with Crippen molar-refractivity contribution in [3.63, 3.8) is 0 Å². The molecule has 0 aliphatic heterocycles. The summed E-state index contributed by atoms with van der Waals surface area (Å²) in [7, 11) is 1.40. The Labute approximate surface area is 122 Å². The van der Waals surface area contributed by atoms with Crippen molar-refractivity contribution in [2.45, 2.75) is 19.6 Å². The molecule has 0 bridgehead atoms. The van der Waals surface area contributed by atoms with Crippen molar-refractivity contribution in [3.05, 3.63) is 59.2 Å². The summed E-state index contributed by atoms with van der Waals surface area (Å²) in [6.07, 6.45) is 0. The molecular formula is C16H17F2NO2. The van der Waals surface area contributed by atoms with Crippen molar-refractivity contribution in [1.82, 2.24) is 0 Å². The molecule has 0 amide bonds. The van der Waals surface area contributed by atoms with Crippen LogP contribution in [0, 0.1) is 11.6 Å². The molecule has 1 unspecified atom stereocenters. The van der Waals surface area contributed by atoms with Gasteiger partial charge in [0.2, 0.25) is 0 Å². The summed E-state index contributed by atoms with van der Waals surface area (Å²) in [5, 5.41) is 0. The highest BCUT2D eigenvalue weighted by Crippen LogP contribution is 2.26. The van der Waals surface area contributed by atoms with Crippen LogP contribution in [0.25, 0.3) is 0 Å². The lowest BCUT2D eigenvalue weighted by molar-refractivity contribution is 0.298. The first-order chi connectivity index (χ1) is 10.0. The zero-order chi connectivity index (χ0) is 15.4. The lowest BCUT2D eigenvalue weighted by Crippen LogP contribution is -2.08. The maximum atomic E-state index is 13.6. The van der Waals surface area contributed by atoms with E-state index in [0.29, 0.717) is 16.9 Å². The molecule has 1 atom stereocenters. The number of ether oxygens (including phenoxy) is 2. The molecule has 0 saturated heterocycles. The third-order valence-electron chi connectivity index (χ3n) is 3.08. The molecule has 0 aliphatic carbocycles. The molecule has 3 nitrogen and oxygen atoms in total. The Morgan fingerprint density at radius 1 is 1.10 bits per heavy atom. The van der Waals surface area contributed by atoms with Crippen LogP contribution in [-0.2, 0) is 6.61 Å². The summed E-state index contributed by atoms with van der Waals surface area (Å²) >= 11 is 0. The molecule has 0 radical (unpaired) electrons. The van der Waals surface area contributed by atoms with E-state index in [9.17, 15) is 8.78 Å². The van der Waals surface area contributed by atoms with Crippen LogP contribution >= 0.6 is 0 Å². The predicted molar refractivity (Wildman–Crippen MR) is 76.3 cm³/mol. The van der Waals surface area contributed by atoms with Gasteiger partial charge in [0.25, 0.3) is 0 Å². The number of hydrogen-bond acceptors (Lipinski definition) is 3.